The Labute approximate surface area is 129 Å². The molecule has 1 N–H and O–H groups in total. The van der Waals surface area contributed by atoms with Crippen molar-refractivity contribution in [3.8, 4) is 0 Å². The molecule has 0 aliphatic carbocycles. The maximum atomic E-state index is 4.60. The van der Waals surface area contributed by atoms with E-state index < -0.39 is 0 Å². The number of nitrogens with one attached hydrogen (secondary N) is 1. The first kappa shape index (κ1) is 16.2. The van der Waals surface area contributed by atoms with E-state index in [-0.39, 0.29) is 5.54 Å². The van der Waals surface area contributed by atoms with Crippen molar-refractivity contribution < 1.29 is 0 Å². The highest BCUT2D eigenvalue weighted by Crippen LogP contribution is 2.34. The van der Waals surface area contributed by atoms with E-state index in [4.69, 9.17) is 0 Å². The molecule has 0 aromatic carbocycles. The quantitative estimate of drug-likeness (QED) is 0.928. The van der Waals surface area contributed by atoms with Crippen LogP contribution in [-0.2, 0) is 6.54 Å². The lowest BCUT2D eigenvalue weighted by molar-refractivity contribution is 0.263. The average Bonchev–Trinajstić information content (AvgIpc) is 2.85. The van der Waals surface area contributed by atoms with Crippen LogP contribution in [-0.4, -0.2) is 28.6 Å². The van der Waals surface area contributed by atoms with Gasteiger partial charge in [-0.3, -0.25) is 4.98 Å². The third kappa shape index (κ3) is 4.67. The number of nitrogens with zero attached hydrogens (tertiary/aromatic N) is 3. The fourth-order valence-corrected chi connectivity index (χ4v) is 2.63. The van der Waals surface area contributed by atoms with Gasteiger partial charge in [-0.1, -0.05) is 20.8 Å². The summed E-state index contributed by atoms with van der Waals surface area (Å²) in [6.45, 7) is 16.4. The van der Waals surface area contributed by atoms with Crippen LogP contribution in [0.3, 0.4) is 0 Å². The van der Waals surface area contributed by atoms with Gasteiger partial charge in [0.2, 0.25) is 0 Å². The zero-order chi connectivity index (χ0) is 15.7. The Hall–Kier alpha value is -1.16. The second-order valence-electron chi connectivity index (χ2n) is 8.27. The number of rotatable bonds is 3. The van der Waals surface area contributed by atoms with Crippen LogP contribution in [0.15, 0.2) is 12.4 Å². The van der Waals surface area contributed by atoms with Gasteiger partial charge in [-0.25, -0.2) is 4.98 Å². The summed E-state index contributed by atoms with van der Waals surface area (Å²) in [4.78, 5) is 11.5. The molecule has 1 fully saturated rings. The van der Waals surface area contributed by atoms with Crippen molar-refractivity contribution in [2.45, 2.75) is 60.0 Å². The molecule has 0 radical (unpaired) electrons. The van der Waals surface area contributed by atoms with Crippen molar-refractivity contribution in [1.29, 1.82) is 0 Å². The lowest BCUT2D eigenvalue weighted by Gasteiger charge is -2.27. The molecule has 0 saturated carbocycles. The number of anilines is 1. The van der Waals surface area contributed by atoms with E-state index >= 15 is 0 Å². The SMILES string of the molecule is CC(C)(C)NCc1cnc(N2CCC(C(C)(C)C)C2)cn1. The summed E-state index contributed by atoms with van der Waals surface area (Å²) in [6, 6.07) is 0. The molecule has 1 aromatic rings. The van der Waals surface area contributed by atoms with Crippen LogP contribution in [0, 0.1) is 11.3 Å². The van der Waals surface area contributed by atoms with Gasteiger partial charge in [-0.15, -0.1) is 0 Å². The van der Waals surface area contributed by atoms with Gasteiger partial charge in [0.05, 0.1) is 18.1 Å². The van der Waals surface area contributed by atoms with Crippen LogP contribution in [0.4, 0.5) is 5.82 Å². The van der Waals surface area contributed by atoms with Crippen LogP contribution in [0.1, 0.15) is 53.7 Å². The molecule has 4 heteroatoms. The minimum absolute atomic E-state index is 0.106. The minimum Gasteiger partial charge on any atom is -0.355 e. The van der Waals surface area contributed by atoms with Gasteiger partial charge in [0.25, 0.3) is 0 Å². The molecule has 2 rings (SSSR count). The summed E-state index contributed by atoms with van der Waals surface area (Å²) in [7, 11) is 0. The third-order valence-corrected chi connectivity index (χ3v) is 4.23. The van der Waals surface area contributed by atoms with E-state index in [1.54, 1.807) is 0 Å². The predicted octanol–water partition coefficient (Wildman–Crippen LogP) is 3.24. The first-order valence-electron chi connectivity index (χ1n) is 7.96. The first-order valence-corrected chi connectivity index (χ1v) is 7.96. The van der Waals surface area contributed by atoms with Gasteiger partial charge in [0, 0.05) is 25.2 Å². The van der Waals surface area contributed by atoms with E-state index in [9.17, 15) is 0 Å². The highest BCUT2D eigenvalue weighted by Gasteiger charge is 2.32. The van der Waals surface area contributed by atoms with Crippen LogP contribution >= 0.6 is 0 Å². The Kier molecular flexibility index (Phi) is 4.57. The van der Waals surface area contributed by atoms with Crippen LogP contribution < -0.4 is 10.2 Å². The van der Waals surface area contributed by atoms with Crippen molar-refractivity contribution in [3.63, 3.8) is 0 Å². The van der Waals surface area contributed by atoms with E-state index in [2.05, 4.69) is 61.7 Å². The molecule has 2 heterocycles. The molecule has 1 unspecified atom stereocenters. The van der Waals surface area contributed by atoms with Gasteiger partial charge < -0.3 is 10.2 Å². The molecule has 0 spiro atoms. The Balaban J connectivity index is 1.94. The van der Waals surface area contributed by atoms with Crippen LogP contribution in [0.25, 0.3) is 0 Å². The van der Waals surface area contributed by atoms with E-state index in [0.29, 0.717) is 5.41 Å². The number of aromatic nitrogens is 2. The fraction of sp³-hybridized carbons (Fsp3) is 0.765. The Morgan fingerprint density at radius 3 is 2.33 bits per heavy atom. The summed E-state index contributed by atoms with van der Waals surface area (Å²) in [5.74, 6) is 1.75. The second-order valence-corrected chi connectivity index (χ2v) is 8.27. The molecule has 1 aromatic heterocycles. The van der Waals surface area contributed by atoms with Crippen LogP contribution in [0.2, 0.25) is 0 Å². The van der Waals surface area contributed by atoms with Gasteiger partial charge in [0.1, 0.15) is 5.82 Å². The van der Waals surface area contributed by atoms with Gasteiger partial charge >= 0.3 is 0 Å². The second kappa shape index (κ2) is 5.91. The minimum atomic E-state index is 0.106. The maximum Gasteiger partial charge on any atom is 0.147 e. The normalized spacial score (nSPS) is 20.1. The molecular weight excluding hydrogens is 260 g/mol. The summed E-state index contributed by atoms with van der Waals surface area (Å²) in [6.07, 6.45) is 5.07. The van der Waals surface area contributed by atoms with Crippen LogP contribution in [0.5, 0.6) is 0 Å². The van der Waals surface area contributed by atoms with E-state index in [0.717, 1.165) is 37.1 Å². The Bertz CT molecular complexity index is 453. The number of hydrogen-bond acceptors (Lipinski definition) is 4. The van der Waals surface area contributed by atoms with Gasteiger partial charge in [0.15, 0.2) is 0 Å². The van der Waals surface area contributed by atoms with E-state index in [1.807, 2.05) is 12.4 Å². The maximum absolute atomic E-state index is 4.60. The topological polar surface area (TPSA) is 41.1 Å². The summed E-state index contributed by atoms with van der Waals surface area (Å²) >= 11 is 0. The molecule has 0 amide bonds. The highest BCUT2D eigenvalue weighted by molar-refractivity contribution is 5.37. The standard InChI is InChI=1S/C17H30N4/c1-16(2,3)13-7-8-21(12-13)15-11-18-14(9-19-15)10-20-17(4,5)6/h9,11,13,20H,7-8,10,12H2,1-6H3. The van der Waals surface area contributed by atoms with Crippen molar-refractivity contribution in [2.75, 3.05) is 18.0 Å². The molecular formula is C17H30N4. The molecule has 1 saturated heterocycles. The number of hydrogen-bond donors (Lipinski definition) is 1. The Morgan fingerprint density at radius 2 is 1.86 bits per heavy atom. The lowest BCUT2D eigenvalue weighted by atomic mass is 9.80. The zero-order valence-electron chi connectivity index (χ0n) is 14.4. The lowest BCUT2D eigenvalue weighted by Crippen LogP contribution is -2.35. The largest absolute Gasteiger partial charge is 0.355 e. The summed E-state index contributed by atoms with van der Waals surface area (Å²) in [5.41, 5.74) is 1.48. The molecule has 1 aliphatic heterocycles. The van der Waals surface area contributed by atoms with Crippen molar-refractivity contribution >= 4 is 5.82 Å². The average molecular weight is 290 g/mol. The third-order valence-electron chi connectivity index (χ3n) is 4.23. The van der Waals surface area contributed by atoms with Crippen molar-refractivity contribution in [3.05, 3.63) is 18.1 Å². The van der Waals surface area contributed by atoms with Gasteiger partial charge in [-0.2, -0.15) is 0 Å². The van der Waals surface area contributed by atoms with Gasteiger partial charge in [-0.05, 0) is 38.5 Å². The molecule has 21 heavy (non-hydrogen) atoms. The molecule has 1 aliphatic rings. The highest BCUT2D eigenvalue weighted by atomic mass is 15.2. The van der Waals surface area contributed by atoms with Crippen molar-refractivity contribution in [2.24, 2.45) is 11.3 Å². The fourth-order valence-electron chi connectivity index (χ4n) is 2.63. The monoisotopic (exact) mass is 290 g/mol. The first-order chi connectivity index (χ1) is 9.65. The molecule has 1 atom stereocenters. The zero-order valence-corrected chi connectivity index (χ0v) is 14.4. The smallest absolute Gasteiger partial charge is 0.147 e. The summed E-state index contributed by atoms with van der Waals surface area (Å²) < 4.78 is 0. The Morgan fingerprint density at radius 1 is 1.14 bits per heavy atom. The van der Waals surface area contributed by atoms with E-state index in [1.165, 1.54) is 6.42 Å². The van der Waals surface area contributed by atoms with Crippen molar-refractivity contribution in [1.82, 2.24) is 15.3 Å². The molecule has 118 valence electrons. The molecule has 4 nitrogen and oxygen atoms in total. The predicted molar refractivity (Wildman–Crippen MR) is 88.4 cm³/mol. The summed E-state index contributed by atoms with van der Waals surface area (Å²) in [5, 5.41) is 3.44. The molecule has 0 bridgehead atoms.